The lowest BCUT2D eigenvalue weighted by molar-refractivity contribution is 0.0258. The van der Waals surface area contributed by atoms with Crippen LogP contribution in [0.5, 0.6) is 11.5 Å². The fourth-order valence-electron chi connectivity index (χ4n) is 2.24. The summed E-state index contributed by atoms with van der Waals surface area (Å²) in [6, 6.07) is 5.51. The molecule has 2 rings (SSSR count). The van der Waals surface area contributed by atoms with Gasteiger partial charge in [0.05, 0.1) is 18.8 Å². The second kappa shape index (κ2) is 6.90. The molecule has 0 amide bonds. The van der Waals surface area contributed by atoms with E-state index in [0.29, 0.717) is 35.8 Å². The Kier molecular flexibility index (Phi) is 5.20. The molecule has 0 aliphatic carbocycles. The maximum atomic E-state index is 5.82. The van der Waals surface area contributed by atoms with Crippen LogP contribution in [0.1, 0.15) is 32.3 Å². The zero-order chi connectivity index (χ0) is 14.5. The van der Waals surface area contributed by atoms with E-state index in [1.807, 2.05) is 25.1 Å². The number of thiocarbonyl (C=S) groups is 1. The van der Waals surface area contributed by atoms with Crippen molar-refractivity contribution in [2.75, 3.05) is 13.2 Å². The molecule has 110 valence electrons. The molecular weight excluding hydrogens is 274 g/mol. The number of benzene rings is 1. The van der Waals surface area contributed by atoms with Gasteiger partial charge in [-0.25, -0.2) is 0 Å². The third kappa shape index (κ3) is 3.84. The van der Waals surface area contributed by atoms with E-state index >= 15 is 0 Å². The SMILES string of the molecule is CCOc1cc(C(N)=S)ccc1OCC1CCC(C)O1. The molecule has 20 heavy (non-hydrogen) atoms. The Morgan fingerprint density at radius 1 is 1.35 bits per heavy atom. The van der Waals surface area contributed by atoms with Crippen molar-refractivity contribution in [1.29, 1.82) is 0 Å². The smallest absolute Gasteiger partial charge is 0.161 e. The van der Waals surface area contributed by atoms with E-state index in [4.69, 9.17) is 32.2 Å². The van der Waals surface area contributed by atoms with Gasteiger partial charge in [-0.15, -0.1) is 0 Å². The normalized spacial score (nSPS) is 21.7. The molecular formula is C15H21NO3S. The molecule has 2 unspecified atom stereocenters. The fraction of sp³-hybridized carbons (Fsp3) is 0.533. The van der Waals surface area contributed by atoms with Gasteiger partial charge in [0.15, 0.2) is 11.5 Å². The lowest BCUT2D eigenvalue weighted by atomic mass is 10.2. The minimum atomic E-state index is 0.162. The third-order valence-electron chi connectivity index (χ3n) is 3.27. The predicted molar refractivity (Wildman–Crippen MR) is 82.6 cm³/mol. The molecule has 4 nitrogen and oxygen atoms in total. The van der Waals surface area contributed by atoms with Gasteiger partial charge in [-0.05, 0) is 44.9 Å². The molecule has 1 heterocycles. The highest BCUT2D eigenvalue weighted by atomic mass is 32.1. The van der Waals surface area contributed by atoms with Crippen molar-refractivity contribution >= 4 is 17.2 Å². The number of ether oxygens (including phenoxy) is 3. The molecule has 1 aliphatic rings. The molecule has 0 bridgehead atoms. The Morgan fingerprint density at radius 2 is 2.15 bits per heavy atom. The van der Waals surface area contributed by atoms with Crippen LogP contribution >= 0.6 is 12.2 Å². The molecule has 2 N–H and O–H groups in total. The van der Waals surface area contributed by atoms with E-state index < -0.39 is 0 Å². The van der Waals surface area contributed by atoms with Crippen molar-refractivity contribution in [1.82, 2.24) is 0 Å². The largest absolute Gasteiger partial charge is 0.490 e. The summed E-state index contributed by atoms with van der Waals surface area (Å²) in [5.74, 6) is 1.37. The maximum Gasteiger partial charge on any atom is 0.161 e. The highest BCUT2D eigenvalue weighted by Crippen LogP contribution is 2.29. The van der Waals surface area contributed by atoms with Crippen LogP contribution in [0.25, 0.3) is 0 Å². The van der Waals surface area contributed by atoms with Crippen molar-refractivity contribution in [3.63, 3.8) is 0 Å². The second-order valence-corrected chi connectivity index (χ2v) is 5.36. The summed E-state index contributed by atoms with van der Waals surface area (Å²) in [6.45, 7) is 5.12. The van der Waals surface area contributed by atoms with Gasteiger partial charge in [-0.2, -0.15) is 0 Å². The third-order valence-corrected chi connectivity index (χ3v) is 3.51. The molecule has 0 radical (unpaired) electrons. The molecule has 1 aliphatic heterocycles. The molecule has 2 atom stereocenters. The highest BCUT2D eigenvalue weighted by molar-refractivity contribution is 7.80. The Balaban J connectivity index is 2.04. The van der Waals surface area contributed by atoms with Crippen LogP contribution < -0.4 is 15.2 Å². The summed E-state index contributed by atoms with van der Waals surface area (Å²) in [6.07, 6.45) is 2.62. The molecule has 5 heteroatoms. The molecule has 1 aromatic carbocycles. The van der Waals surface area contributed by atoms with Gasteiger partial charge in [-0.3, -0.25) is 0 Å². The van der Waals surface area contributed by atoms with Crippen LogP contribution in [0.3, 0.4) is 0 Å². The Morgan fingerprint density at radius 3 is 2.75 bits per heavy atom. The summed E-state index contributed by atoms with van der Waals surface area (Å²) < 4.78 is 17.1. The Labute approximate surface area is 125 Å². The van der Waals surface area contributed by atoms with Crippen LogP contribution in [-0.2, 0) is 4.74 Å². The van der Waals surface area contributed by atoms with Gasteiger partial charge in [0.1, 0.15) is 11.6 Å². The molecule has 1 fully saturated rings. The molecule has 0 saturated carbocycles. The Bertz CT molecular complexity index is 478. The first-order valence-electron chi connectivity index (χ1n) is 6.95. The van der Waals surface area contributed by atoms with Crippen molar-refractivity contribution in [2.24, 2.45) is 5.73 Å². The van der Waals surface area contributed by atoms with Crippen LogP contribution in [0.4, 0.5) is 0 Å². The van der Waals surface area contributed by atoms with Gasteiger partial charge in [0, 0.05) is 5.56 Å². The predicted octanol–water partition coefficient (Wildman–Crippen LogP) is 2.67. The lowest BCUT2D eigenvalue weighted by Crippen LogP contribution is -2.18. The average Bonchev–Trinajstić information content (AvgIpc) is 2.83. The summed E-state index contributed by atoms with van der Waals surface area (Å²) in [5.41, 5.74) is 6.41. The molecule has 1 aromatic rings. The van der Waals surface area contributed by atoms with Crippen molar-refractivity contribution in [2.45, 2.75) is 38.9 Å². The summed E-state index contributed by atoms with van der Waals surface area (Å²) >= 11 is 4.98. The van der Waals surface area contributed by atoms with Gasteiger partial charge < -0.3 is 19.9 Å². The van der Waals surface area contributed by atoms with E-state index in [9.17, 15) is 0 Å². The zero-order valence-corrected chi connectivity index (χ0v) is 12.7. The van der Waals surface area contributed by atoms with E-state index in [-0.39, 0.29) is 6.10 Å². The second-order valence-electron chi connectivity index (χ2n) is 4.92. The maximum absolute atomic E-state index is 5.82. The van der Waals surface area contributed by atoms with E-state index in [1.54, 1.807) is 0 Å². The van der Waals surface area contributed by atoms with Gasteiger partial charge in [0.2, 0.25) is 0 Å². The number of rotatable bonds is 6. The van der Waals surface area contributed by atoms with Crippen LogP contribution in [0, 0.1) is 0 Å². The van der Waals surface area contributed by atoms with Crippen LogP contribution in [0.15, 0.2) is 18.2 Å². The first-order chi connectivity index (χ1) is 9.60. The fourth-order valence-corrected chi connectivity index (χ4v) is 2.37. The van der Waals surface area contributed by atoms with Crippen molar-refractivity contribution < 1.29 is 14.2 Å². The first-order valence-corrected chi connectivity index (χ1v) is 7.36. The van der Waals surface area contributed by atoms with Crippen LogP contribution in [-0.4, -0.2) is 30.4 Å². The summed E-state index contributed by atoms with van der Waals surface area (Å²) in [4.78, 5) is 0.352. The monoisotopic (exact) mass is 295 g/mol. The standard InChI is InChI=1S/C15H21NO3S/c1-3-17-14-8-11(15(16)20)5-7-13(14)18-9-12-6-4-10(2)19-12/h5,7-8,10,12H,3-4,6,9H2,1-2H3,(H2,16,20). The minimum absolute atomic E-state index is 0.162. The zero-order valence-electron chi connectivity index (χ0n) is 11.9. The topological polar surface area (TPSA) is 53.7 Å². The first kappa shape index (κ1) is 15.1. The number of hydrogen-bond donors (Lipinski definition) is 1. The van der Waals surface area contributed by atoms with E-state index in [1.165, 1.54) is 0 Å². The van der Waals surface area contributed by atoms with Gasteiger partial charge >= 0.3 is 0 Å². The molecule has 1 saturated heterocycles. The molecule has 0 aromatic heterocycles. The van der Waals surface area contributed by atoms with E-state index in [2.05, 4.69) is 6.92 Å². The number of nitrogens with two attached hydrogens (primary N) is 1. The number of hydrogen-bond acceptors (Lipinski definition) is 4. The van der Waals surface area contributed by atoms with Gasteiger partial charge in [-0.1, -0.05) is 12.2 Å². The Hall–Kier alpha value is -1.33. The molecule has 0 spiro atoms. The lowest BCUT2D eigenvalue weighted by Gasteiger charge is -2.16. The van der Waals surface area contributed by atoms with E-state index in [0.717, 1.165) is 18.4 Å². The summed E-state index contributed by atoms with van der Waals surface area (Å²) in [5, 5.41) is 0. The van der Waals surface area contributed by atoms with Crippen molar-refractivity contribution in [3.05, 3.63) is 23.8 Å². The average molecular weight is 295 g/mol. The van der Waals surface area contributed by atoms with Gasteiger partial charge in [0.25, 0.3) is 0 Å². The minimum Gasteiger partial charge on any atom is -0.490 e. The summed E-state index contributed by atoms with van der Waals surface area (Å²) in [7, 11) is 0. The highest BCUT2D eigenvalue weighted by Gasteiger charge is 2.22. The quantitative estimate of drug-likeness (QED) is 0.818. The van der Waals surface area contributed by atoms with Crippen LogP contribution in [0.2, 0.25) is 0 Å². The van der Waals surface area contributed by atoms with Crippen molar-refractivity contribution in [3.8, 4) is 11.5 Å².